The van der Waals surface area contributed by atoms with Gasteiger partial charge in [0, 0.05) is 19.6 Å². The number of rotatable bonds is 5. The van der Waals surface area contributed by atoms with Gasteiger partial charge in [-0.15, -0.1) is 0 Å². The largest absolute Gasteiger partial charge is 0.346 e. The molecular weight excluding hydrogens is 266 g/mol. The topological polar surface area (TPSA) is 75.4 Å². The SMILES string of the molecule is NCC(C(=O)NCC(=O)N1CCCCC1)c1ccccc1. The Labute approximate surface area is 125 Å². The molecule has 1 aromatic carbocycles. The molecule has 3 N–H and O–H groups in total. The number of nitrogens with zero attached hydrogens (tertiary/aromatic N) is 1. The first-order chi connectivity index (χ1) is 10.2. The molecule has 5 nitrogen and oxygen atoms in total. The average Bonchev–Trinajstić information content (AvgIpc) is 2.55. The molecular formula is C16H23N3O2. The lowest BCUT2D eigenvalue weighted by atomic mass is 9.98. The van der Waals surface area contributed by atoms with Gasteiger partial charge in [-0.3, -0.25) is 9.59 Å². The molecule has 2 rings (SSSR count). The van der Waals surface area contributed by atoms with Crippen LogP contribution in [0.2, 0.25) is 0 Å². The average molecular weight is 289 g/mol. The van der Waals surface area contributed by atoms with Crippen molar-refractivity contribution in [2.24, 2.45) is 5.73 Å². The quantitative estimate of drug-likeness (QED) is 0.844. The number of benzene rings is 1. The molecule has 1 aromatic rings. The summed E-state index contributed by atoms with van der Waals surface area (Å²) >= 11 is 0. The van der Waals surface area contributed by atoms with E-state index in [4.69, 9.17) is 5.73 Å². The fourth-order valence-corrected chi connectivity index (χ4v) is 2.62. The van der Waals surface area contributed by atoms with Crippen LogP contribution in [0.15, 0.2) is 30.3 Å². The Morgan fingerprint density at radius 1 is 1.14 bits per heavy atom. The van der Waals surface area contributed by atoms with Crippen molar-refractivity contribution in [2.45, 2.75) is 25.2 Å². The van der Waals surface area contributed by atoms with Crippen molar-refractivity contribution >= 4 is 11.8 Å². The maximum Gasteiger partial charge on any atom is 0.241 e. The Hall–Kier alpha value is -1.88. The minimum atomic E-state index is -0.402. The molecule has 0 spiro atoms. The number of amides is 2. The molecule has 2 amide bonds. The van der Waals surface area contributed by atoms with Gasteiger partial charge >= 0.3 is 0 Å². The molecule has 0 aliphatic carbocycles. The van der Waals surface area contributed by atoms with Gasteiger partial charge in [-0.05, 0) is 24.8 Å². The molecule has 114 valence electrons. The van der Waals surface area contributed by atoms with Gasteiger partial charge in [0.2, 0.25) is 11.8 Å². The highest BCUT2D eigenvalue weighted by atomic mass is 16.2. The maximum absolute atomic E-state index is 12.2. The van der Waals surface area contributed by atoms with Crippen LogP contribution in [0.4, 0.5) is 0 Å². The molecule has 1 atom stereocenters. The molecule has 0 aromatic heterocycles. The van der Waals surface area contributed by atoms with E-state index in [1.165, 1.54) is 6.42 Å². The molecule has 0 saturated carbocycles. The van der Waals surface area contributed by atoms with E-state index in [1.807, 2.05) is 35.2 Å². The van der Waals surface area contributed by atoms with E-state index in [1.54, 1.807) is 0 Å². The van der Waals surface area contributed by atoms with E-state index in [2.05, 4.69) is 5.32 Å². The second kappa shape index (κ2) is 7.78. The minimum Gasteiger partial charge on any atom is -0.346 e. The number of nitrogens with one attached hydrogen (secondary N) is 1. The Morgan fingerprint density at radius 2 is 1.81 bits per heavy atom. The van der Waals surface area contributed by atoms with Gasteiger partial charge in [0.25, 0.3) is 0 Å². The zero-order valence-corrected chi connectivity index (χ0v) is 12.3. The first-order valence-electron chi connectivity index (χ1n) is 7.53. The third-order valence-electron chi connectivity index (χ3n) is 3.88. The summed E-state index contributed by atoms with van der Waals surface area (Å²) in [6, 6.07) is 9.41. The van der Waals surface area contributed by atoms with E-state index >= 15 is 0 Å². The lowest BCUT2D eigenvalue weighted by Crippen LogP contribution is -2.44. The van der Waals surface area contributed by atoms with Gasteiger partial charge in [0.15, 0.2) is 0 Å². The highest BCUT2D eigenvalue weighted by molar-refractivity contribution is 5.88. The fourth-order valence-electron chi connectivity index (χ4n) is 2.62. The lowest BCUT2D eigenvalue weighted by molar-refractivity contribution is -0.133. The predicted octanol–water partition coefficient (Wildman–Crippen LogP) is 0.858. The van der Waals surface area contributed by atoms with E-state index in [-0.39, 0.29) is 24.9 Å². The van der Waals surface area contributed by atoms with Gasteiger partial charge < -0.3 is 16.0 Å². The fraction of sp³-hybridized carbons (Fsp3) is 0.500. The monoisotopic (exact) mass is 289 g/mol. The van der Waals surface area contributed by atoms with Gasteiger partial charge in [-0.1, -0.05) is 30.3 Å². The number of hydrogen-bond donors (Lipinski definition) is 2. The summed E-state index contributed by atoms with van der Waals surface area (Å²) < 4.78 is 0. The first-order valence-corrected chi connectivity index (χ1v) is 7.53. The van der Waals surface area contributed by atoms with Crippen LogP contribution in [-0.2, 0) is 9.59 Å². The van der Waals surface area contributed by atoms with Crippen molar-refractivity contribution in [3.05, 3.63) is 35.9 Å². The normalized spacial score (nSPS) is 16.3. The van der Waals surface area contributed by atoms with Crippen LogP contribution in [0.25, 0.3) is 0 Å². The Kier molecular flexibility index (Phi) is 5.75. The predicted molar refractivity (Wildman–Crippen MR) is 81.7 cm³/mol. The van der Waals surface area contributed by atoms with Crippen molar-refractivity contribution in [2.75, 3.05) is 26.2 Å². The molecule has 1 aliphatic rings. The smallest absolute Gasteiger partial charge is 0.241 e. The molecule has 0 bridgehead atoms. The van der Waals surface area contributed by atoms with Crippen LogP contribution in [0.3, 0.4) is 0 Å². The van der Waals surface area contributed by atoms with Crippen LogP contribution in [0.5, 0.6) is 0 Å². The zero-order chi connectivity index (χ0) is 15.1. The van der Waals surface area contributed by atoms with Gasteiger partial charge in [-0.25, -0.2) is 0 Å². The molecule has 5 heteroatoms. The number of hydrogen-bond acceptors (Lipinski definition) is 3. The standard InChI is InChI=1S/C16H23N3O2/c17-11-14(13-7-3-1-4-8-13)16(21)18-12-15(20)19-9-5-2-6-10-19/h1,3-4,7-8,14H,2,5-6,9-12,17H2,(H,18,21). The molecule has 1 aliphatic heterocycles. The number of piperidine rings is 1. The summed E-state index contributed by atoms with van der Waals surface area (Å²) in [5, 5.41) is 2.72. The van der Waals surface area contributed by atoms with Crippen molar-refractivity contribution in [1.82, 2.24) is 10.2 Å². The van der Waals surface area contributed by atoms with E-state index in [9.17, 15) is 9.59 Å². The second-order valence-corrected chi connectivity index (χ2v) is 5.36. The number of carbonyl (C=O) groups excluding carboxylic acids is 2. The zero-order valence-electron chi connectivity index (χ0n) is 12.3. The van der Waals surface area contributed by atoms with Crippen molar-refractivity contribution in [1.29, 1.82) is 0 Å². The molecule has 21 heavy (non-hydrogen) atoms. The van der Waals surface area contributed by atoms with E-state index < -0.39 is 5.92 Å². The number of nitrogens with two attached hydrogens (primary N) is 1. The summed E-state index contributed by atoms with van der Waals surface area (Å²) in [6.07, 6.45) is 3.28. The van der Waals surface area contributed by atoms with Gasteiger partial charge in [0.1, 0.15) is 0 Å². The Morgan fingerprint density at radius 3 is 2.43 bits per heavy atom. The Balaban J connectivity index is 1.86. The van der Waals surface area contributed by atoms with Crippen LogP contribution in [-0.4, -0.2) is 42.9 Å². The molecule has 1 fully saturated rings. The summed E-state index contributed by atoms with van der Waals surface area (Å²) in [5.41, 5.74) is 6.58. The molecule has 0 radical (unpaired) electrons. The van der Waals surface area contributed by atoms with Crippen molar-refractivity contribution in [3.63, 3.8) is 0 Å². The van der Waals surface area contributed by atoms with Crippen molar-refractivity contribution in [3.8, 4) is 0 Å². The van der Waals surface area contributed by atoms with E-state index in [0.29, 0.717) is 0 Å². The summed E-state index contributed by atoms with van der Waals surface area (Å²) in [4.78, 5) is 26.1. The van der Waals surface area contributed by atoms with Gasteiger partial charge in [-0.2, -0.15) is 0 Å². The summed E-state index contributed by atoms with van der Waals surface area (Å²) in [5.74, 6) is -0.596. The van der Waals surface area contributed by atoms with Crippen LogP contribution in [0.1, 0.15) is 30.7 Å². The summed E-state index contributed by atoms with van der Waals surface area (Å²) in [6.45, 7) is 1.89. The van der Waals surface area contributed by atoms with E-state index in [0.717, 1.165) is 31.5 Å². The highest BCUT2D eigenvalue weighted by Gasteiger charge is 2.21. The van der Waals surface area contributed by atoms with Gasteiger partial charge in [0.05, 0.1) is 12.5 Å². The van der Waals surface area contributed by atoms with Crippen LogP contribution in [0, 0.1) is 0 Å². The van der Waals surface area contributed by atoms with Crippen LogP contribution < -0.4 is 11.1 Å². The Bertz CT molecular complexity index is 470. The number of carbonyl (C=O) groups is 2. The summed E-state index contributed by atoms with van der Waals surface area (Å²) in [7, 11) is 0. The molecule has 1 unspecified atom stereocenters. The molecule has 1 saturated heterocycles. The second-order valence-electron chi connectivity index (χ2n) is 5.36. The number of likely N-dealkylation sites (tertiary alicyclic amines) is 1. The van der Waals surface area contributed by atoms with Crippen LogP contribution >= 0.6 is 0 Å². The molecule has 1 heterocycles. The van der Waals surface area contributed by atoms with Crippen molar-refractivity contribution < 1.29 is 9.59 Å². The lowest BCUT2D eigenvalue weighted by Gasteiger charge is -2.27. The first kappa shape index (κ1) is 15.5. The highest BCUT2D eigenvalue weighted by Crippen LogP contribution is 2.14. The third kappa shape index (κ3) is 4.29. The maximum atomic E-state index is 12.2. The minimum absolute atomic E-state index is 0.00752. The third-order valence-corrected chi connectivity index (χ3v) is 3.88.